The van der Waals surface area contributed by atoms with E-state index in [1.54, 1.807) is 0 Å². The zero-order valence-corrected chi connectivity index (χ0v) is 13.4. The van der Waals surface area contributed by atoms with E-state index in [9.17, 15) is 4.79 Å². The Morgan fingerprint density at radius 3 is 2.76 bits per heavy atom. The number of carbonyl (C=O) groups is 1. The minimum Gasteiger partial charge on any atom is -0.382 e. The Labute approximate surface area is 129 Å². The Morgan fingerprint density at radius 2 is 2.10 bits per heavy atom. The first-order valence-corrected chi connectivity index (χ1v) is 8.77. The number of aromatic nitrogens is 1. The number of hydrogen-bond donors (Lipinski definition) is 2. The van der Waals surface area contributed by atoms with Gasteiger partial charge in [0.05, 0.1) is 0 Å². The molecule has 21 heavy (non-hydrogen) atoms. The van der Waals surface area contributed by atoms with Crippen molar-refractivity contribution in [3.63, 3.8) is 0 Å². The molecule has 0 spiro atoms. The van der Waals surface area contributed by atoms with E-state index in [0.717, 1.165) is 31.1 Å². The van der Waals surface area contributed by atoms with Gasteiger partial charge in [0.1, 0.15) is 10.7 Å². The molecule has 2 fully saturated rings. The second-order valence-electron chi connectivity index (χ2n) is 6.35. The summed E-state index contributed by atoms with van der Waals surface area (Å²) in [6.45, 7) is 4.28. The van der Waals surface area contributed by atoms with Crippen LogP contribution in [0.5, 0.6) is 0 Å². The summed E-state index contributed by atoms with van der Waals surface area (Å²) < 4.78 is 0. The summed E-state index contributed by atoms with van der Waals surface area (Å²) in [6, 6.07) is 0.299. The quantitative estimate of drug-likeness (QED) is 0.900. The average Bonchev–Trinajstić information content (AvgIpc) is 3.06. The van der Waals surface area contributed by atoms with Crippen molar-refractivity contribution in [2.45, 2.75) is 51.5 Å². The summed E-state index contributed by atoms with van der Waals surface area (Å²) in [5.74, 6) is 1.04. The Kier molecular flexibility index (Phi) is 4.33. The number of rotatable bonds is 3. The molecule has 1 aliphatic heterocycles. The Morgan fingerprint density at radius 1 is 1.33 bits per heavy atom. The van der Waals surface area contributed by atoms with Crippen LogP contribution in [0.15, 0.2) is 0 Å². The molecule has 1 aromatic rings. The van der Waals surface area contributed by atoms with E-state index in [1.807, 2.05) is 0 Å². The van der Waals surface area contributed by atoms with Gasteiger partial charge in [-0.2, -0.15) is 0 Å². The van der Waals surface area contributed by atoms with Gasteiger partial charge in [-0.25, -0.2) is 4.98 Å². The fourth-order valence-corrected chi connectivity index (χ4v) is 4.23. The highest BCUT2D eigenvalue weighted by Crippen LogP contribution is 2.31. The van der Waals surface area contributed by atoms with E-state index >= 15 is 0 Å². The van der Waals surface area contributed by atoms with Crippen LogP contribution in [-0.2, 0) is 0 Å². The molecule has 5 nitrogen and oxygen atoms in total. The largest absolute Gasteiger partial charge is 0.382 e. The normalized spacial score (nSPS) is 26.0. The van der Waals surface area contributed by atoms with Gasteiger partial charge in [-0.1, -0.05) is 18.3 Å². The van der Waals surface area contributed by atoms with Gasteiger partial charge >= 0.3 is 0 Å². The van der Waals surface area contributed by atoms with Crippen molar-refractivity contribution in [1.82, 2.24) is 10.3 Å². The minimum atomic E-state index is -0.0487. The lowest BCUT2D eigenvalue weighted by molar-refractivity contribution is 0.0942. The molecule has 0 aromatic carbocycles. The first kappa shape index (κ1) is 14.6. The van der Waals surface area contributed by atoms with Crippen molar-refractivity contribution in [2.24, 2.45) is 5.92 Å². The number of thiazole rings is 1. The average molecular weight is 308 g/mol. The van der Waals surface area contributed by atoms with E-state index in [1.165, 1.54) is 37.0 Å². The van der Waals surface area contributed by atoms with Crippen LogP contribution in [0.3, 0.4) is 0 Å². The SMILES string of the molecule is CC1CCC(NC(=O)c2sc(N3CCCCC3)nc2N)C1. The van der Waals surface area contributed by atoms with Crippen LogP contribution in [0.25, 0.3) is 0 Å². The highest BCUT2D eigenvalue weighted by atomic mass is 32.1. The Bertz CT molecular complexity index is 510. The molecule has 1 amide bonds. The number of nitrogens with zero attached hydrogens (tertiary/aromatic N) is 2. The van der Waals surface area contributed by atoms with Crippen molar-refractivity contribution in [2.75, 3.05) is 23.7 Å². The summed E-state index contributed by atoms with van der Waals surface area (Å²) in [4.78, 5) is 19.6. The monoisotopic (exact) mass is 308 g/mol. The number of nitrogens with one attached hydrogen (secondary N) is 1. The number of amides is 1. The van der Waals surface area contributed by atoms with Gasteiger partial charge < -0.3 is 16.0 Å². The van der Waals surface area contributed by atoms with Crippen LogP contribution < -0.4 is 16.0 Å². The maximum atomic E-state index is 12.4. The van der Waals surface area contributed by atoms with Gasteiger partial charge in [0.25, 0.3) is 5.91 Å². The number of hydrogen-bond acceptors (Lipinski definition) is 5. The zero-order chi connectivity index (χ0) is 14.8. The van der Waals surface area contributed by atoms with Gasteiger partial charge in [0, 0.05) is 19.1 Å². The lowest BCUT2D eigenvalue weighted by Crippen LogP contribution is -2.32. The van der Waals surface area contributed by atoms with Crippen LogP contribution in [0.2, 0.25) is 0 Å². The van der Waals surface area contributed by atoms with E-state index < -0.39 is 0 Å². The molecule has 1 saturated heterocycles. The van der Waals surface area contributed by atoms with Crippen LogP contribution >= 0.6 is 11.3 Å². The van der Waals surface area contributed by atoms with Gasteiger partial charge in [-0.3, -0.25) is 4.79 Å². The summed E-state index contributed by atoms with van der Waals surface area (Å²) in [6.07, 6.45) is 7.02. The molecule has 1 aromatic heterocycles. The molecule has 1 saturated carbocycles. The zero-order valence-electron chi connectivity index (χ0n) is 12.6. The van der Waals surface area contributed by atoms with Crippen molar-refractivity contribution in [3.05, 3.63) is 4.88 Å². The standard InChI is InChI=1S/C15H24N4OS/c1-10-5-6-11(9-10)17-14(20)12-13(16)18-15(21-12)19-7-3-2-4-8-19/h10-11H,2-9,16H2,1H3,(H,17,20). The van der Waals surface area contributed by atoms with Gasteiger partial charge in [0.2, 0.25) is 0 Å². The van der Waals surface area contributed by atoms with Crippen LogP contribution in [0.4, 0.5) is 10.9 Å². The molecule has 2 aliphatic rings. The highest BCUT2D eigenvalue weighted by Gasteiger charge is 2.26. The number of carbonyl (C=O) groups excluding carboxylic acids is 1. The van der Waals surface area contributed by atoms with Crippen molar-refractivity contribution >= 4 is 28.2 Å². The maximum Gasteiger partial charge on any atom is 0.265 e. The fourth-order valence-electron chi connectivity index (χ4n) is 3.29. The topological polar surface area (TPSA) is 71.2 Å². The number of nitrogens with two attached hydrogens (primary N) is 1. The predicted octanol–water partition coefficient (Wildman–Crippen LogP) is 2.63. The van der Waals surface area contributed by atoms with Gasteiger partial charge in [-0.05, 0) is 44.4 Å². The van der Waals surface area contributed by atoms with Crippen LogP contribution in [0, 0.1) is 5.92 Å². The van der Waals surface area contributed by atoms with Gasteiger partial charge in [-0.15, -0.1) is 0 Å². The maximum absolute atomic E-state index is 12.4. The third-order valence-corrected chi connectivity index (χ3v) is 5.64. The predicted molar refractivity (Wildman–Crippen MR) is 86.9 cm³/mol. The summed E-state index contributed by atoms with van der Waals surface area (Å²) in [5, 5.41) is 4.02. The molecule has 0 bridgehead atoms. The first-order valence-electron chi connectivity index (χ1n) is 7.95. The fraction of sp³-hybridized carbons (Fsp3) is 0.733. The van der Waals surface area contributed by atoms with Crippen molar-refractivity contribution in [1.29, 1.82) is 0 Å². The van der Waals surface area contributed by atoms with Gasteiger partial charge in [0.15, 0.2) is 5.13 Å². The molecule has 6 heteroatoms. The molecular weight excluding hydrogens is 284 g/mol. The lowest BCUT2D eigenvalue weighted by atomic mass is 10.1. The van der Waals surface area contributed by atoms with E-state index in [-0.39, 0.29) is 5.91 Å². The third kappa shape index (κ3) is 3.31. The molecule has 0 radical (unpaired) electrons. The van der Waals surface area contributed by atoms with E-state index in [2.05, 4.69) is 22.1 Å². The second kappa shape index (κ2) is 6.22. The molecule has 2 unspecified atom stereocenters. The summed E-state index contributed by atoms with van der Waals surface area (Å²) in [7, 11) is 0. The lowest BCUT2D eigenvalue weighted by Gasteiger charge is -2.25. The second-order valence-corrected chi connectivity index (χ2v) is 7.32. The molecule has 3 N–H and O–H groups in total. The molecule has 2 atom stereocenters. The molecular formula is C15H24N4OS. The molecule has 1 aliphatic carbocycles. The third-order valence-electron chi connectivity index (χ3n) is 4.50. The number of piperidine rings is 1. The van der Waals surface area contributed by atoms with Crippen molar-refractivity contribution < 1.29 is 4.79 Å². The Balaban J connectivity index is 1.67. The molecule has 3 rings (SSSR count). The Hall–Kier alpha value is -1.30. The van der Waals surface area contributed by atoms with Crippen molar-refractivity contribution in [3.8, 4) is 0 Å². The van der Waals surface area contributed by atoms with Crippen LogP contribution in [0.1, 0.15) is 55.1 Å². The minimum absolute atomic E-state index is 0.0487. The molecule has 2 heterocycles. The van der Waals surface area contributed by atoms with E-state index in [4.69, 9.17) is 5.73 Å². The number of nitrogen functional groups attached to an aromatic ring is 1. The first-order chi connectivity index (χ1) is 10.1. The van der Waals surface area contributed by atoms with Crippen LogP contribution in [-0.4, -0.2) is 30.0 Å². The smallest absolute Gasteiger partial charge is 0.265 e. The molecule has 116 valence electrons. The summed E-state index contributed by atoms with van der Waals surface area (Å²) in [5.41, 5.74) is 5.96. The number of anilines is 2. The highest BCUT2D eigenvalue weighted by molar-refractivity contribution is 7.18. The van der Waals surface area contributed by atoms with E-state index in [0.29, 0.717) is 22.7 Å². The summed E-state index contributed by atoms with van der Waals surface area (Å²) >= 11 is 1.44.